The van der Waals surface area contributed by atoms with E-state index in [0.717, 1.165) is 22.3 Å². The maximum absolute atomic E-state index is 11.4. The Bertz CT molecular complexity index is 2760. The number of methoxy groups -OCH3 is 2. The number of nitro benzene ring substituents is 1. The van der Waals surface area contributed by atoms with E-state index >= 15 is 0 Å². The molecule has 0 saturated carbocycles. The highest BCUT2D eigenvalue weighted by Gasteiger charge is 2.46. The predicted octanol–water partition coefficient (Wildman–Crippen LogP) is 11.8. The van der Waals surface area contributed by atoms with Crippen molar-refractivity contribution in [3.05, 3.63) is 148 Å². The van der Waals surface area contributed by atoms with E-state index in [1.165, 1.54) is 12.1 Å². The third-order valence-electron chi connectivity index (χ3n) is 13.1. The summed E-state index contributed by atoms with van der Waals surface area (Å²) in [5, 5.41) is 33.9. The van der Waals surface area contributed by atoms with Crippen LogP contribution in [0.5, 0.6) is 11.5 Å². The standard InChI is InChI=1S/C57H73N9O11P2/c1-39(2)64(40(3)4)78(73-33-14-31-58)76-50-36-52(75-51(50)37-72-57(44-16-12-11-13-17-44,45-20-26-48(69-9)27-21-45)46-22-28-49(70-10)29-23-46)63-38-60-53-54(63)61-56(77-79(74-34-15-32-59)65(41(5)6)42(7)8)62-55(53)71-35-30-43-18-24-47(25-19-43)66(67)68/h11-13,16-29,38-42,50-52,56,61H,14-15,30,33-37H2,1-10H3/t50-,51+,52+,56?,78?,79?/m0/s1. The van der Waals surface area contributed by atoms with Gasteiger partial charge in [-0.15, -0.1) is 0 Å². The fourth-order valence-electron chi connectivity index (χ4n) is 9.60. The Hall–Kier alpha value is -6.12. The van der Waals surface area contributed by atoms with E-state index in [1.807, 2.05) is 83.4 Å². The molecule has 422 valence electrons. The maximum atomic E-state index is 11.4. The largest absolute Gasteiger partial charge is 0.497 e. The van der Waals surface area contributed by atoms with Gasteiger partial charge in [-0.2, -0.15) is 15.5 Å². The topological polar surface area (TPSA) is 222 Å². The Balaban J connectivity index is 1.30. The van der Waals surface area contributed by atoms with Gasteiger partial charge in [-0.1, -0.05) is 66.7 Å². The van der Waals surface area contributed by atoms with Crippen LogP contribution in [0.3, 0.4) is 0 Å². The molecule has 2 aliphatic rings. The van der Waals surface area contributed by atoms with Crippen molar-refractivity contribution in [2.24, 2.45) is 4.99 Å². The molecule has 20 nitrogen and oxygen atoms in total. The Morgan fingerprint density at radius 3 is 1.80 bits per heavy atom. The number of aliphatic imine (C=N–C) groups is 1. The number of nitro groups is 1. The zero-order valence-corrected chi connectivity index (χ0v) is 48.4. The van der Waals surface area contributed by atoms with Gasteiger partial charge in [-0.05, 0) is 102 Å². The van der Waals surface area contributed by atoms with Crippen LogP contribution in [-0.2, 0) is 44.3 Å². The quantitative estimate of drug-likeness (QED) is 0.0154. The minimum atomic E-state index is -1.78. The van der Waals surface area contributed by atoms with Crippen LogP contribution in [0.25, 0.3) is 0 Å². The number of non-ortho nitro benzene ring substituents is 1. The molecule has 5 aromatic rings. The third-order valence-corrected chi connectivity index (χ3v) is 17.4. The molecule has 4 aromatic carbocycles. The summed E-state index contributed by atoms with van der Waals surface area (Å²) in [6.07, 6.45) is -0.378. The normalized spacial score (nSPS) is 18.1. The van der Waals surface area contributed by atoms with Gasteiger partial charge < -0.3 is 42.6 Å². The maximum Gasteiger partial charge on any atom is 0.269 e. The van der Waals surface area contributed by atoms with Crippen LogP contribution >= 0.6 is 17.1 Å². The number of hydrogen-bond acceptors (Lipinski definition) is 18. The van der Waals surface area contributed by atoms with Crippen LogP contribution in [-0.4, -0.2) is 113 Å². The number of aromatic nitrogens is 2. The van der Waals surface area contributed by atoms with Crippen LogP contribution in [0.1, 0.15) is 109 Å². The van der Waals surface area contributed by atoms with E-state index in [4.69, 9.17) is 51.8 Å². The van der Waals surface area contributed by atoms with Crippen LogP contribution in [0, 0.1) is 32.8 Å². The second kappa shape index (κ2) is 28.9. The van der Waals surface area contributed by atoms with Crippen LogP contribution in [0.4, 0.5) is 11.5 Å². The number of benzene rings is 4. The van der Waals surface area contributed by atoms with Crippen molar-refractivity contribution in [3.8, 4) is 23.6 Å². The van der Waals surface area contributed by atoms with E-state index in [1.54, 1.807) is 32.7 Å². The molecule has 0 radical (unpaired) electrons. The highest BCUT2D eigenvalue weighted by atomic mass is 31.2. The van der Waals surface area contributed by atoms with Gasteiger partial charge in [0.15, 0.2) is 5.69 Å². The first-order valence-corrected chi connectivity index (χ1v) is 28.8. The fraction of sp³-hybridized carbons (Fsp3) is 0.474. The molecular formula is C57H73N9O11P2. The number of fused-ring (bicyclic) bond motifs is 1. The summed E-state index contributed by atoms with van der Waals surface area (Å²) in [5.74, 6) is 2.07. The number of ether oxygens (including phenoxy) is 5. The molecule has 79 heavy (non-hydrogen) atoms. The van der Waals surface area contributed by atoms with Crippen molar-refractivity contribution < 1.29 is 46.7 Å². The molecule has 3 heterocycles. The van der Waals surface area contributed by atoms with Gasteiger partial charge >= 0.3 is 0 Å². The minimum Gasteiger partial charge on any atom is -0.497 e. The molecule has 7 rings (SSSR count). The molecule has 0 bridgehead atoms. The Kier molecular flexibility index (Phi) is 22.1. The monoisotopic (exact) mass is 1120 g/mol. The Labute approximate surface area is 466 Å². The van der Waals surface area contributed by atoms with Gasteiger partial charge in [0.25, 0.3) is 22.7 Å². The lowest BCUT2D eigenvalue weighted by Crippen LogP contribution is -2.39. The average molecular weight is 1120 g/mol. The first kappa shape index (κ1) is 60.5. The number of nitriles is 2. The minimum absolute atomic E-state index is 0.00577. The first-order valence-electron chi connectivity index (χ1n) is 26.5. The van der Waals surface area contributed by atoms with Crippen molar-refractivity contribution in [3.63, 3.8) is 0 Å². The van der Waals surface area contributed by atoms with Crippen LogP contribution in [0.15, 0.2) is 114 Å². The molecular weight excluding hydrogens is 1050 g/mol. The smallest absolute Gasteiger partial charge is 0.269 e. The summed E-state index contributed by atoms with van der Waals surface area (Å²) >= 11 is 0. The fourth-order valence-corrected chi connectivity index (χ4v) is 12.9. The summed E-state index contributed by atoms with van der Waals surface area (Å²) in [6, 6.07) is 36.5. The van der Waals surface area contributed by atoms with E-state index in [2.05, 4.69) is 82.2 Å². The number of rotatable bonds is 29. The second-order valence-electron chi connectivity index (χ2n) is 19.8. The molecule has 1 aromatic heterocycles. The van der Waals surface area contributed by atoms with E-state index in [0.29, 0.717) is 35.9 Å². The molecule has 1 saturated heterocycles. The molecule has 3 unspecified atom stereocenters. The lowest BCUT2D eigenvalue weighted by molar-refractivity contribution is -0.384. The molecule has 22 heteroatoms. The highest BCUT2D eigenvalue weighted by molar-refractivity contribution is 7.44. The Morgan fingerprint density at radius 1 is 0.759 bits per heavy atom. The van der Waals surface area contributed by atoms with Crippen molar-refractivity contribution >= 4 is 34.5 Å². The summed E-state index contributed by atoms with van der Waals surface area (Å²) in [5.41, 5.74) is 2.59. The lowest BCUT2D eigenvalue weighted by Gasteiger charge is -2.39. The van der Waals surface area contributed by atoms with Crippen molar-refractivity contribution in [1.29, 1.82) is 10.5 Å². The number of anilines is 1. The lowest BCUT2D eigenvalue weighted by atomic mass is 9.80. The zero-order chi connectivity index (χ0) is 56.6. The average Bonchev–Trinajstić information content (AvgIpc) is 4.27. The second-order valence-corrected chi connectivity index (χ2v) is 22.6. The van der Waals surface area contributed by atoms with Crippen LogP contribution < -0.4 is 14.8 Å². The van der Waals surface area contributed by atoms with E-state index < -0.39 is 52.4 Å². The first-order chi connectivity index (χ1) is 38.1. The summed E-state index contributed by atoms with van der Waals surface area (Å²) < 4.78 is 65.4. The van der Waals surface area contributed by atoms with E-state index in [-0.39, 0.29) is 75.0 Å². The van der Waals surface area contributed by atoms with Gasteiger partial charge in [0.2, 0.25) is 12.2 Å². The zero-order valence-electron chi connectivity index (χ0n) is 46.6. The van der Waals surface area contributed by atoms with E-state index in [9.17, 15) is 20.6 Å². The highest BCUT2D eigenvalue weighted by Crippen LogP contribution is 2.52. The molecule has 6 atom stereocenters. The van der Waals surface area contributed by atoms with Gasteiger partial charge in [-0.25, -0.2) is 14.3 Å². The third kappa shape index (κ3) is 15.0. The SMILES string of the molecule is COc1ccc(C(OC[C@H]2O[C@@H](n3cnc4c3NC(OP(OCCC#N)N(C(C)C)C(C)C)N=C4OCCc3ccc([N+](=O)[O-])cc3)C[C@@H]2OP(OCCC#N)N(C(C)C)C(C)C)(c2ccccc2)c2ccc(OC)cc2)cc1. The van der Waals surface area contributed by atoms with Gasteiger partial charge in [0.1, 0.15) is 35.2 Å². The van der Waals surface area contributed by atoms with Crippen molar-refractivity contribution in [1.82, 2.24) is 18.9 Å². The summed E-state index contributed by atoms with van der Waals surface area (Å²) in [7, 11) is -0.265. The number of imidazole rings is 1. The number of nitrogens with one attached hydrogen (secondary N) is 1. The number of hydrogen-bond donors (Lipinski definition) is 1. The summed E-state index contributed by atoms with van der Waals surface area (Å²) in [6.45, 7) is 17.1. The molecule has 2 aliphatic heterocycles. The van der Waals surface area contributed by atoms with Gasteiger partial charge in [0, 0.05) is 49.1 Å². The summed E-state index contributed by atoms with van der Waals surface area (Å²) in [4.78, 5) is 20.8. The molecule has 0 spiro atoms. The molecule has 1 fully saturated rings. The molecule has 1 N–H and O–H groups in total. The van der Waals surface area contributed by atoms with Crippen molar-refractivity contribution in [2.75, 3.05) is 46.0 Å². The Morgan fingerprint density at radius 2 is 1.29 bits per heavy atom. The molecule has 0 aliphatic carbocycles. The van der Waals surface area contributed by atoms with Crippen molar-refractivity contribution in [2.45, 2.75) is 136 Å². The van der Waals surface area contributed by atoms with Crippen LogP contribution in [0.2, 0.25) is 0 Å². The van der Waals surface area contributed by atoms with Gasteiger partial charge in [-0.3, -0.25) is 19.2 Å². The van der Waals surface area contributed by atoms with Gasteiger partial charge in [0.05, 0.1) is 83.0 Å². The predicted molar refractivity (Wildman–Crippen MR) is 302 cm³/mol. The molecule has 0 amide bonds. The number of nitrogens with zero attached hydrogens (tertiary/aromatic N) is 8.